The molecule has 0 amide bonds. The van der Waals surface area contributed by atoms with Crippen LogP contribution in [-0.2, 0) is 0 Å². The quantitative estimate of drug-likeness (QED) is 0.631. The Labute approximate surface area is 172 Å². The van der Waals surface area contributed by atoms with Gasteiger partial charge < -0.3 is 5.32 Å². The van der Waals surface area contributed by atoms with Gasteiger partial charge in [0.1, 0.15) is 11.6 Å². The normalized spacial score (nSPS) is 28.6. The van der Waals surface area contributed by atoms with Crippen LogP contribution in [0.4, 0.5) is 8.78 Å². The fourth-order valence-electron chi connectivity index (χ4n) is 7.10. The van der Waals surface area contributed by atoms with Gasteiger partial charge >= 0.3 is 0 Å². The van der Waals surface area contributed by atoms with E-state index in [1.165, 1.54) is 57.9 Å². The molecule has 1 nitrogen and oxygen atoms in total. The highest BCUT2D eigenvalue weighted by molar-refractivity contribution is 5.34. The van der Waals surface area contributed by atoms with E-state index in [9.17, 15) is 8.78 Å². The van der Waals surface area contributed by atoms with Gasteiger partial charge in [-0.3, -0.25) is 0 Å². The first-order valence-electron chi connectivity index (χ1n) is 11.3. The van der Waals surface area contributed by atoms with Crippen LogP contribution in [0.2, 0.25) is 0 Å². The maximum atomic E-state index is 13.6. The van der Waals surface area contributed by atoms with Crippen molar-refractivity contribution in [3.8, 4) is 0 Å². The molecule has 5 rings (SSSR count). The van der Waals surface area contributed by atoms with E-state index in [0.717, 1.165) is 17.7 Å². The number of halogens is 2. The summed E-state index contributed by atoms with van der Waals surface area (Å²) in [7, 11) is 0. The Morgan fingerprint density at radius 1 is 0.759 bits per heavy atom. The van der Waals surface area contributed by atoms with E-state index in [-0.39, 0.29) is 17.6 Å². The van der Waals surface area contributed by atoms with Crippen LogP contribution in [-0.4, -0.2) is 13.1 Å². The van der Waals surface area contributed by atoms with Crippen molar-refractivity contribution >= 4 is 0 Å². The van der Waals surface area contributed by atoms with Gasteiger partial charge in [-0.15, -0.1) is 0 Å². The number of piperidine rings is 1. The molecular formula is C26H31F2N. The van der Waals surface area contributed by atoms with E-state index >= 15 is 0 Å². The number of hydrogen-bond donors (Lipinski definition) is 1. The third-order valence-corrected chi connectivity index (χ3v) is 8.51. The number of hydrogen-bond acceptors (Lipinski definition) is 1. The second-order valence-electron chi connectivity index (χ2n) is 9.78. The predicted octanol–water partition coefficient (Wildman–Crippen LogP) is 6.44. The first kappa shape index (κ1) is 19.2. The summed E-state index contributed by atoms with van der Waals surface area (Å²) in [4.78, 5) is 0. The minimum atomic E-state index is -0.197. The van der Waals surface area contributed by atoms with Crippen LogP contribution in [0.3, 0.4) is 0 Å². The molecule has 1 N–H and O–H groups in total. The highest BCUT2D eigenvalue weighted by Crippen LogP contribution is 2.64. The molecule has 1 saturated heterocycles. The van der Waals surface area contributed by atoms with Gasteiger partial charge in [0.15, 0.2) is 0 Å². The zero-order valence-corrected chi connectivity index (χ0v) is 17.1. The zero-order chi connectivity index (χ0) is 19.9. The fourth-order valence-corrected chi connectivity index (χ4v) is 7.10. The van der Waals surface area contributed by atoms with Gasteiger partial charge in [-0.1, -0.05) is 37.1 Å². The van der Waals surface area contributed by atoms with Gasteiger partial charge in [0.25, 0.3) is 0 Å². The Morgan fingerprint density at radius 2 is 1.34 bits per heavy atom. The second kappa shape index (κ2) is 7.50. The summed E-state index contributed by atoms with van der Waals surface area (Å²) < 4.78 is 27.2. The average molecular weight is 396 g/mol. The molecule has 0 radical (unpaired) electrons. The van der Waals surface area contributed by atoms with Crippen LogP contribution < -0.4 is 5.32 Å². The van der Waals surface area contributed by atoms with Crippen molar-refractivity contribution < 1.29 is 8.78 Å². The number of fused-ring (bicyclic) bond motifs is 1. The van der Waals surface area contributed by atoms with Gasteiger partial charge in [0, 0.05) is 12.5 Å². The Morgan fingerprint density at radius 3 is 1.93 bits per heavy atom. The Balaban J connectivity index is 1.50. The van der Waals surface area contributed by atoms with E-state index in [2.05, 4.69) is 5.32 Å². The minimum absolute atomic E-state index is 0.197. The summed E-state index contributed by atoms with van der Waals surface area (Å²) >= 11 is 0. The van der Waals surface area contributed by atoms with Gasteiger partial charge in [-0.25, -0.2) is 8.78 Å². The molecule has 1 aliphatic heterocycles. The molecule has 3 fully saturated rings. The Hall–Kier alpha value is -1.74. The van der Waals surface area contributed by atoms with Crippen molar-refractivity contribution in [2.24, 2.45) is 16.7 Å². The van der Waals surface area contributed by atoms with Gasteiger partial charge in [0.2, 0.25) is 0 Å². The van der Waals surface area contributed by atoms with E-state index in [4.69, 9.17) is 0 Å². The van der Waals surface area contributed by atoms with Crippen molar-refractivity contribution in [3.05, 3.63) is 71.3 Å². The molecule has 2 atom stereocenters. The first-order chi connectivity index (χ1) is 14.1. The minimum Gasteiger partial charge on any atom is -0.316 e. The number of benzene rings is 2. The summed E-state index contributed by atoms with van der Waals surface area (Å²) in [5.41, 5.74) is 3.23. The number of rotatable bonds is 3. The maximum absolute atomic E-state index is 13.6. The van der Waals surface area contributed by atoms with E-state index in [0.29, 0.717) is 16.7 Å². The van der Waals surface area contributed by atoms with E-state index in [1.54, 1.807) is 24.3 Å². The molecule has 2 aromatic carbocycles. The zero-order valence-electron chi connectivity index (χ0n) is 17.1. The summed E-state index contributed by atoms with van der Waals surface area (Å²) in [6.45, 7) is 2.31. The third-order valence-electron chi connectivity index (χ3n) is 8.51. The van der Waals surface area contributed by atoms with Gasteiger partial charge in [-0.2, -0.15) is 0 Å². The summed E-state index contributed by atoms with van der Waals surface area (Å²) in [5.74, 6) is 0.348. The van der Waals surface area contributed by atoms with Crippen LogP contribution in [0.15, 0.2) is 48.5 Å². The largest absolute Gasteiger partial charge is 0.316 e. The van der Waals surface area contributed by atoms with Crippen molar-refractivity contribution in [2.45, 2.75) is 57.3 Å². The standard InChI is InChI=1S/C26H31F2N/c27-22-7-3-19(4-8-22)24(20-5-9-23(28)10-6-20)21-11-14-25(17-21)15-16-29-18-26(25)12-1-2-13-26/h3-10,21,24,29H,1-2,11-18H2. The fraction of sp³-hybridized carbons (Fsp3) is 0.538. The molecule has 1 heterocycles. The van der Waals surface area contributed by atoms with Crippen LogP contribution in [0, 0.1) is 28.4 Å². The SMILES string of the molecule is Fc1ccc(C(c2ccc(F)cc2)C2CCC3(CCNCC34CCCC4)C2)cc1. The summed E-state index contributed by atoms with van der Waals surface area (Å²) in [5, 5.41) is 3.71. The average Bonchev–Trinajstić information content (AvgIpc) is 3.37. The third kappa shape index (κ3) is 3.32. The van der Waals surface area contributed by atoms with E-state index in [1.807, 2.05) is 24.3 Å². The molecule has 2 aromatic rings. The monoisotopic (exact) mass is 395 g/mol. The number of nitrogens with one attached hydrogen (secondary N) is 1. The lowest BCUT2D eigenvalue weighted by Gasteiger charge is -2.51. The summed E-state index contributed by atoms with van der Waals surface area (Å²) in [6.07, 6.45) is 10.5. The first-order valence-corrected chi connectivity index (χ1v) is 11.3. The lowest BCUT2D eigenvalue weighted by molar-refractivity contribution is 0.00437. The predicted molar refractivity (Wildman–Crippen MR) is 113 cm³/mol. The van der Waals surface area contributed by atoms with E-state index < -0.39 is 0 Å². The van der Waals surface area contributed by atoms with Gasteiger partial charge in [-0.05, 0) is 97.2 Å². The van der Waals surface area contributed by atoms with Crippen molar-refractivity contribution in [2.75, 3.05) is 13.1 Å². The Bertz CT molecular complexity index is 793. The lowest BCUT2D eigenvalue weighted by atomic mass is 9.57. The molecule has 3 aliphatic rings. The van der Waals surface area contributed by atoms with Crippen LogP contribution in [0.1, 0.15) is 68.4 Å². The molecule has 2 spiro atoms. The lowest BCUT2D eigenvalue weighted by Crippen LogP contribution is -2.52. The summed E-state index contributed by atoms with van der Waals surface area (Å²) in [6, 6.07) is 14.0. The topological polar surface area (TPSA) is 12.0 Å². The molecule has 0 aromatic heterocycles. The molecule has 154 valence electrons. The van der Waals surface area contributed by atoms with Crippen LogP contribution >= 0.6 is 0 Å². The molecule has 2 aliphatic carbocycles. The molecule has 2 unspecified atom stereocenters. The molecule has 0 bridgehead atoms. The van der Waals surface area contributed by atoms with Crippen molar-refractivity contribution in [3.63, 3.8) is 0 Å². The van der Waals surface area contributed by atoms with Crippen LogP contribution in [0.25, 0.3) is 0 Å². The Kier molecular flexibility index (Phi) is 4.98. The molecular weight excluding hydrogens is 364 g/mol. The van der Waals surface area contributed by atoms with Crippen molar-refractivity contribution in [1.29, 1.82) is 0 Å². The van der Waals surface area contributed by atoms with Crippen molar-refractivity contribution in [1.82, 2.24) is 5.32 Å². The highest BCUT2D eigenvalue weighted by atomic mass is 19.1. The highest BCUT2D eigenvalue weighted by Gasteiger charge is 2.57. The molecule has 29 heavy (non-hydrogen) atoms. The maximum Gasteiger partial charge on any atom is 0.123 e. The molecule has 2 saturated carbocycles. The van der Waals surface area contributed by atoms with Gasteiger partial charge in [0.05, 0.1) is 0 Å². The molecule has 3 heteroatoms. The smallest absolute Gasteiger partial charge is 0.123 e. The van der Waals surface area contributed by atoms with Crippen LogP contribution in [0.5, 0.6) is 0 Å². The second-order valence-corrected chi connectivity index (χ2v) is 9.78.